The van der Waals surface area contributed by atoms with E-state index in [0.29, 0.717) is 5.57 Å². The lowest BCUT2D eigenvalue weighted by Crippen LogP contribution is -2.49. The molecule has 0 aliphatic rings. The van der Waals surface area contributed by atoms with E-state index in [-0.39, 0.29) is 31.8 Å². The number of rotatable bonds is 11. The molecular weight excluding hydrogens is 374 g/mol. The molecule has 1 amide bonds. The molecule has 7 heteroatoms. The fraction of sp³-hybridized carbons (Fsp3) is 0.727. The summed E-state index contributed by atoms with van der Waals surface area (Å²) in [5.74, 6) is -0.504. The van der Waals surface area contributed by atoms with Crippen LogP contribution in [0.2, 0.25) is 0 Å². The monoisotopic (exact) mass is 413 g/mol. The van der Waals surface area contributed by atoms with E-state index in [9.17, 15) is 14.7 Å². The predicted molar refractivity (Wildman–Crippen MR) is 114 cm³/mol. The number of alkyl carbamates (subject to hydrolysis) is 1. The van der Waals surface area contributed by atoms with E-state index in [2.05, 4.69) is 45.7 Å². The molecular formula is C22H39NO6. The summed E-state index contributed by atoms with van der Waals surface area (Å²) in [6.07, 6.45) is 0.332. The van der Waals surface area contributed by atoms with Crippen LogP contribution in [0.5, 0.6) is 0 Å². The summed E-state index contributed by atoms with van der Waals surface area (Å²) in [6, 6.07) is 0. The molecule has 7 nitrogen and oxygen atoms in total. The van der Waals surface area contributed by atoms with Gasteiger partial charge in [-0.05, 0) is 33.1 Å². The van der Waals surface area contributed by atoms with Crippen molar-refractivity contribution in [3.63, 3.8) is 0 Å². The number of esters is 1. The van der Waals surface area contributed by atoms with Crippen molar-refractivity contribution in [1.29, 1.82) is 0 Å². The Morgan fingerprint density at radius 2 is 1.66 bits per heavy atom. The minimum Gasteiger partial charge on any atom is -0.460 e. The highest BCUT2D eigenvalue weighted by molar-refractivity contribution is 5.86. The Hall–Kier alpha value is -1.86. The maximum atomic E-state index is 11.7. The van der Waals surface area contributed by atoms with Gasteiger partial charge in [-0.15, -0.1) is 0 Å². The van der Waals surface area contributed by atoms with E-state index in [1.165, 1.54) is 0 Å². The molecule has 0 aromatic rings. The van der Waals surface area contributed by atoms with Crippen LogP contribution in [0.1, 0.15) is 55.4 Å². The number of carbonyl (C=O) groups is 2. The number of allylic oxidation sites excluding steroid dienone is 1. The fourth-order valence-electron chi connectivity index (χ4n) is 2.92. The van der Waals surface area contributed by atoms with E-state index in [1.54, 1.807) is 13.8 Å². The van der Waals surface area contributed by atoms with Crippen LogP contribution in [0.25, 0.3) is 0 Å². The predicted octanol–water partition coefficient (Wildman–Crippen LogP) is 3.62. The third-order valence-corrected chi connectivity index (χ3v) is 4.80. The van der Waals surface area contributed by atoms with Gasteiger partial charge in [0.25, 0.3) is 0 Å². The summed E-state index contributed by atoms with van der Waals surface area (Å²) in [5, 5.41) is 12.8. The van der Waals surface area contributed by atoms with Gasteiger partial charge in [-0.3, -0.25) is 0 Å². The first-order valence-corrected chi connectivity index (χ1v) is 9.91. The lowest BCUT2D eigenvalue weighted by molar-refractivity contribution is -0.138. The molecule has 0 aromatic heterocycles. The summed E-state index contributed by atoms with van der Waals surface area (Å²) in [7, 11) is 0. The Morgan fingerprint density at radius 3 is 2.10 bits per heavy atom. The highest BCUT2D eigenvalue weighted by atomic mass is 16.6. The molecule has 0 aromatic carbocycles. The van der Waals surface area contributed by atoms with Gasteiger partial charge in [-0.1, -0.05) is 45.9 Å². The standard InChI is InChI=1S/C22H39NO6/c1-15(2)14-22(9,21(6,7)8)18(17(5)24)27-12-13-29-20(26)23-10-11-28-19(25)16(3)4/h14,17-18,24H,3,10-13H2,1-2,4-9H3,(H,23,26)/t17?,18-,22?/m0/s1. The lowest BCUT2D eigenvalue weighted by Gasteiger charge is -2.47. The zero-order chi connectivity index (χ0) is 22.8. The molecule has 168 valence electrons. The largest absolute Gasteiger partial charge is 0.460 e. The number of hydrogen-bond acceptors (Lipinski definition) is 6. The molecule has 0 fully saturated rings. The van der Waals surface area contributed by atoms with Gasteiger partial charge in [0.15, 0.2) is 0 Å². The Bertz CT molecular complexity index is 587. The zero-order valence-corrected chi connectivity index (χ0v) is 19.3. The van der Waals surface area contributed by atoms with Gasteiger partial charge >= 0.3 is 12.1 Å². The Kier molecular flexibility index (Phi) is 11.2. The third-order valence-electron chi connectivity index (χ3n) is 4.80. The molecule has 29 heavy (non-hydrogen) atoms. The number of aliphatic hydroxyl groups is 1. The second-order valence-corrected chi connectivity index (χ2v) is 8.77. The molecule has 2 unspecified atom stereocenters. The van der Waals surface area contributed by atoms with Gasteiger partial charge < -0.3 is 24.6 Å². The Morgan fingerprint density at radius 1 is 1.07 bits per heavy atom. The first-order valence-electron chi connectivity index (χ1n) is 9.91. The second-order valence-electron chi connectivity index (χ2n) is 8.77. The van der Waals surface area contributed by atoms with E-state index in [1.807, 2.05) is 13.8 Å². The van der Waals surface area contributed by atoms with Crippen molar-refractivity contribution in [1.82, 2.24) is 5.32 Å². The van der Waals surface area contributed by atoms with Gasteiger partial charge in [0.1, 0.15) is 13.2 Å². The number of amides is 1. The van der Waals surface area contributed by atoms with Crippen LogP contribution in [0.15, 0.2) is 23.8 Å². The zero-order valence-electron chi connectivity index (χ0n) is 19.3. The van der Waals surface area contributed by atoms with Crippen molar-refractivity contribution in [3.05, 3.63) is 23.8 Å². The summed E-state index contributed by atoms with van der Waals surface area (Å²) in [6.45, 7) is 19.5. The van der Waals surface area contributed by atoms with E-state index < -0.39 is 29.7 Å². The van der Waals surface area contributed by atoms with Crippen LogP contribution in [0.4, 0.5) is 4.79 Å². The average Bonchev–Trinajstić information content (AvgIpc) is 2.55. The molecule has 0 aliphatic carbocycles. The summed E-state index contributed by atoms with van der Waals surface area (Å²) in [4.78, 5) is 22.9. The number of hydrogen-bond donors (Lipinski definition) is 2. The van der Waals surface area contributed by atoms with Crippen molar-refractivity contribution in [2.45, 2.75) is 67.6 Å². The molecule has 0 saturated carbocycles. The minimum absolute atomic E-state index is 0.0357. The van der Waals surface area contributed by atoms with Crippen LogP contribution in [0.3, 0.4) is 0 Å². The lowest BCUT2D eigenvalue weighted by atomic mass is 9.62. The van der Waals surface area contributed by atoms with Crippen molar-refractivity contribution in [2.75, 3.05) is 26.4 Å². The third kappa shape index (κ3) is 9.45. The van der Waals surface area contributed by atoms with Crippen LogP contribution in [-0.4, -0.2) is 55.7 Å². The van der Waals surface area contributed by atoms with Gasteiger partial charge in [-0.2, -0.15) is 0 Å². The van der Waals surface area contributed by atoms with Gasteiger partial charge in [-0.25, -0.2) is 9.59 Å². The van der Waals surface area contributed by atoms with Crippen LogP contribution < -0.4 is 5.32 Å². The van der Waals surface area contributed by atoms with Gasteiger partial charge in [0.2, 0.25) is 0 Å². The number of aliphatic hydroxyl groups excluding tert-OH is 1. The van der Waals surface area contributed by atoms with Gasteiger partial charge in [0.05, 0.1) is 25.4 Å². The normalized spacial score (nSPS) is 15.5. The van der Waals surface area contributed by atoms with Crippen molar-refractivity contribution in [2.24, 2.45) is 10.8 Å². The van der Waals surface area contributed by atoms with E-state index in [4.69, 9.17) is 14.2 Å². The first kappa shape index (κ1) is 27.1. The van der Waals surface area contributed by atoms with Crippen LogP contribution in [0, 0.1) is 10.8 Å². The molecule has 0 bridgehead atoms. The molecule has 0 heterocycles. The van der Waals surface area contributed by atoms with Crippen molar-refractivity contribution in [3.8, 4) is 0 Å². The first-order chi connectivity index (χ1) is 13.2. The Labute approximate surface area is 175 Å². The summed E-state index contributed by atoms with van der Waals surface area (Å²) >= 11 is 0. The summed E-state index contributed by atoms with van der Waals surface area (Å²) < 4.78 is 15.9. The van der Waals surface area contributed by atoms with E-state index in [0.717, 1.165) is 5.57 Å². The van der Waals surface area contributed by atoms with Crippen LogP contribution >= 0.6 is 0 Å². The quantitative estimate of drug-likeness (QED) is 0.233. The van der Waals surface area contributed by atoms with Gasteiger partial charge in [0, 0.05) is 11.0 Å². The fourth-order valence-corrected chi connectivity index (χ4v) is 2.92. The van der Waals surface area contributed by atoms with Crippen molar-refractivity contribution >= 4 is 12.1 Å². The molecule has 2 N–H and O–H groups in total. The number of nitrogens with one attached hydrogen (secondary N) is 1. The second kappa shape index (κ2) is 12.0. The topological polar surface area (TPSA) is 94.1 Å². The summed E-state index contributed by atoms with van der Waals surface area (Å²) in [5.41, 5.74) is 0.855. The molecule has 0 spiro atoms. The van der Waals surface area contributed by atoms with Crippen LogP contribution in [-0.2, 0) is 19.0 Å². The van der Waals surface area contributed by atoms with E-state index >= 15 is 0 Å². The maximum absolute atomic E-state index is 11.7. The highest BCUT2D eigenvalue weighted by Gasteiger charge is 2.45. The SMILES string of the molecule is C=C(C)C(=O)OCCNC(=O)OCCO[C@@H](C(C)O)C(C)(C=C(C)C)C(C)(C)C. The molecule has 0 saturated heterocycles. The molecule has 0 radical (unpaired) electrons. The number of ether oxygens (including phenoxy) is 3. The smallest absolute Gasteiger partial charge is 0.407 e. The molecule has 0 rings (SSSR count). The minimum atomic E-state index is -0.702. The average molecular weight is 414 g/mol. The maximum Gasteiger partial charge on any atom is 0.407 e. The molecule has 3 atom stereocenters. The highest BCUT2D eigenvalue weighted by Crippen LogP contribution is 2.45. The number of carbonyl (C=O) groups excluding carboxylic acids is 2. The van der Waals surface area contributed by atoms with Crippen molar-refractivity contribution < 1.29 is 28.9 Å². The Balaban J connectivity index is 4.59. The molecule has 0 aliphatic heterocycles.